The Morgan fingerprint density at radius 1 is 0.907 bits per heavy atom. The van der Waals surface area contributed by atoms with Crippen molar-refractivity contribution in [1.29, 1.82) is 0 Å². The number of hydrogen-bond acceptors (Lipinski definition) is 18. The van der Waals surface area contributed by atoms with Crippen LogP contribution in [0.2, 0.25) is 0 Å². The van der Waals surface area contributed by atoms with Crippen molar-refractivity contribution in [3.05, 3.63) is 0 Å². The van der Waals surface area contributed by atoms with Crippen molar-refractivity contribution < 1.29 is 94.6 Å². The Kier molecular flexibility index (Phi) is 12.1. The van der Waals surface area contributed by atoms with Crippen molar-refractivity contribution in [2.75, 3.05) is 19.8 Å². The zero-order valence-electron chi connectivity index (χ0n) is 22.7. The van der Waals surface area contributed by atoms with E-state index >= 15 is 0 Å². The summed E-state index contributed by atoms with van der Waals surface area (Å²) in [5, 5.41) is 125. The van der Waals surface area contributed by atoms with Crippen molar-refractivity contribution in [3.63, 3.8) is 0 Å². The molecule has 20 nitrogen and oxygen atoms in total. The summed E-state index contributed by atoms with van der Waals surface area (Å²) in [4.78, 5) is 24.1. The van der Waals surface area contributed by atoms with Crippen molar-refractivity contribution in [2.45, 2.75) is 111 Å². The minimum Gasteiger partial charge on any atom is -0.477 e. The first-order valence-corrected chi connectivity index (χ1v) is 13.2. The minimum absolute atomic E-state index is 0.715. The number of hydrogen-bond donors (Lipinski definition) is 13. The van der Waals surface area contributed by atoms with Crippen molar-refractivity contribution >= 4 is 11.9 Å². The largest absolute Gasteiger partial charge is 0.477 e. The van der Waals surface area contributed by atoms with E-state index < -0.39 is 136 Å². The third-order valence-electron chi connectivity index (χ3n) is 7.46. The maximum Gasteiger partial charge on any atom is 0.364 e. The molecule has 0 aromatic carbocycles. The van der Waals surface area contributed by atoms with Gasteiger partial charge in [-0.3, -0.25) is 4.79 Å². The van der Waals surface area contributed by atoms with Gasteiger partial charge in [0.15, 0.2) is 12.6 Å². The van der Waals surface area contributed by atoms with Gasteiger partial charge in [-0.05, 0) is 0 Å². The number of rotatable bonds is 11. The molecule has 20 heteroatoms. The number of carbonyl (C=O) groups is 2. The van der Waals surface area contributed by atoms with E-state index in [4.69, 9.17) is 28.8 Å². The van der Waals surface area contributed by atoms with E-state index in [2.05, 4.69) is 5.32 Å². The van der Waals surface area contributed by atoms with E-state index in [1.54, 1.807) is 0 Å². The molecule has 0 radical (unpaired) electrons. The molecule has 1 unspecified atom stereocenters. The zero-order chi connectivity index (χ0) is 32.4. The van der Waals surface area contributed by atoms with Gasteiger partial charge in [0, 0.05) is 13.3 Å². The highest BCUT2D eigenvalue weighted by Gasteiger charge is 2.59. The third-order valence-corrected chi connectivity index (χ3v) is 7.46. The highest BCUT2D eigenvalue weighted by molar-refractivity contribution is 5.76. The number of aliphatic hydroxyl groups excluding tert-OH is 11. The van der Waals surface area contributed by atoms with E-state index in [1.807, 2.05) is 0 Å². The topological polar surface area (TPSA) is 335 Å². The molecule has 0 saturated carbocycles. The molecule has 3 heterocycles. The molecule has 16 atom stereocenters. The Bertz CT molecular complexity index is 944. The van der Waals surface area contributed by atoms with Gasteiger partial charge in [-0.15, -0.1) is 0 Å². The summed E-state index contributed by atoms with van der Waals surface area (Å²) >= 11 is 0. The summed E-state index contributed by atoms with van der Waals surface area (Å²) in [7, 11) is 0. The van der Waals surface area contributed by atoms with Gasteiger partial charge < -0.3 is 90.3 Å². The van der Waals surface area contributed by atoms with Crippen LogP contribution in [0.15, 0.2) is 0 Å². The summed E-state index contributed by atoms with van der Waals surface area (Å²) in [5.74, 6) is -5.74. The van der Waals surface area contributed by atoms with Crippen molar-refractivity contribution in [1.82, 2.24) is 5.32 Å². The van der Waals surface area contributed by atoms with Crippen LogP contribution in [-0.2, 0) is 33.3 Å². The molecule has 0 aliphatic carbocycles. The van der Waals surface area contributed by atoms with Crippen LogP contribution in [0.25, 0.3) is 0 Å². The van der Waals surface area contributed by atoms with Gasteiger partial charge in [-0.1, -0.05) is 0 Å². The minimum atomic E-state index is -3.04. The summed E-state index contributed by atoms with van der Waals surface area (Å²) in [6.45, 7) is -1.80. The second kappa shape index (κ2) is 14.6. The summed E-state index contributed by atoms with van der Waals surface area (Å²) < 4.78 is 26.9. The van der Waals surface area contributed by atoms with Crippen LogP contribution in [-0.4, -0.2) is 191 Å². The number of nitrogens with one attached hydrogen (secondary N) is 1. The first kappa shape index (κ1) is 35.8. The maximum atomic E-state index is 12.4. The molecule has 0 spiro atoms. The first-order chi connectivity index (χ1) is 20.1. The molecular weight excluding hydrogens is 594 g/mol. The smallest absolute Gasteiger partial charge is 0.364 e. The van der Waals surface area contributed by atoms with Gasteiger partial charge in [-0.25, -0.2) is 4.79 Å². The zero-order valence-corrected chi connectivity index (χ0v) is 22.7. The molecule has 250 valence electrons. The fourth-order valence-electron chi connectivity index (χ4n) is 5.13. The first-order valence-electron chi connectivity index (χ1n) is 13.2. The molecule has 0 bridgehead atoms. The molecule has 0 aromatic heterocycles. The molecule has 1 amide bonds. The van der Waals surface area contributed by atoms with Crippen molar-refractivity contribution in [2.24, 2.45) is 0 Å². The lowest BCUT2D eigenvalue weighted by Gasteiger charge is -2.50. The molecule has 3 fully saturated rings. The maximum absolute atomic E-state index is 12.4. The normalized spacial score (nSPS) is 45.3. The monoisotopic (exact) mass is 633 g/mol. The van der Waals surface area contributed by atoms with E-state index in [-0.39, 0.29) is 0 Å². The number of aliphatic carboxylic acids is 1. The van der Waals surface area contributed by atoms with Crippen LogP contribution >= 0.6 is 0 Å². The van der Waals surface area contributed by atoms with Gasteiger partial charge in [0.25, 0.3) is 5.79 Å². The van der Waals surface area contributed by atoms with Gasteiger partial charge in [0.1, 0.15) is 73.2 Å². The molecule has 0 aromatic rings. The Morgan fingerprint density at radius 3 is 2.02 bits per heavy atom. The number of ether oxygens (including phenoxy) is 5. The standard InChI is InChI=1S/C23H39NO19/c1-6(28)24-11-17(14(33)9(4-26)39-20(11)36)41-21-16(35)19(15(34)10(5-27)40-21)43-23(22(37)38)2-7(29)12(31)18(42-23)13(32)8(30)3-25/h7-21,25-27,29-36H,2-5H2,1H3,(H,24,28)(H,37,38)/t7-,8+,9+,10+,11+,12+,13+,14-,15-,16+,17+,18+,19-,20?,21-,23-/m0/s1. The highest BCUT2D eigenvalue weighted by Crippen LogP contribution is 2.38. The third kappa shape index (κ3) is 7.41. The summed E-state index contributed by atoms with van der Waals surface area (Å²) in [6.07, 6.45) is -28.0. The predicted octanol–water partition coefficient (Wildman–Crippen LogP) is -8.22. The van der Waals surface area contributed by atoms with Crippen LogP contribution in [0.4, 0.5) is 0 Å². The van der Waals surface area contributed by atoms with Gasteiger partial charge >= 0.3 is 5.97 Å². The van der Waals surface area contributed by atoms with E-state index in [0.29, 0.717) is 0 Å². The molecular formula is C23H39NO19. The van der Waals surface area contributed by atoms with Crippen LogP contribution in [0, 0.1) is 0 Å². The van der Waals surface area contributed by atoms with Crippen molar-refractivity contribution in [3.8, 4) is 0 Å². The molecule has 3 aliphatic rings. The quantitative estimate of drug-likeness (QED) is 0.100. The Hall–Kier alpha value is -1.70. The summed E-state index contributed by atoms with van der Waals surface area (Å²) in [5.41, 5.74) is 0. The Balaban J connectivity index is 1.94. The van der Waals surface area contributed by atoms with Crippen LogP contribution in [0.3, 0.4) is 0 Å². The lowest BCUT2D eigenvalue weighted by molar-refractivity contribution is -0.385. The second-order valence-corrected chi connectivity index (χ2v) is 10.5. The van der Waals surface area contributed by atoms with Crippen LogP contribution < -0.4 is 5.32 Å². The number of carboxylic acid groups (broad SMARTS) is 1. The fraction of sp³-hybridized carbons (Fsp3) is 0.913. The highest BCUT2D eigenvalue weighted by atomic mass is 16.8. The predicted molar refractivity (Wildman–Crippen MR) is 130 cm³/mol. The van der Waals surface area contributed by atoms with Crippen LogP contribution in [0.5, 0.6) is 0 Å². The second-order valence-electron chi connectivity index (χ2n) is 10.5. The Labute approximate surface area is 243 Å². The number of carbonyl (C=O) groups excluding carboxylic acids is 1. The molecule has 13 N–H and O–H groups in total. The number of aliphatic hydroxyl groups is 11. The lowest BCUT2D eigenvalue weighted by atomic mass is 9.90. The fourth-order valence-corrected chi connectivity index (χ4v) is 5.13. The average Bonchev–Trinajstić information content (AvgIpc) is 2.96. The average molecular weight is 634 g/mol. The molecule has 3 rings (SSSR count). The van der Waals surface area contributed by atoms with E-state index in [1.165, 1.54) is 0 Å². The SMILES string of the molecule is CC(=O)N[C@H]1C(O)O[C@H](CO)[C@H](O)[C@@H]1O[C@@H]1O[C@H](CO)[C@H](O)[C@H](O[C@]2(C(=O)O)C[C@H](O)[C@@H](O)[C@H]([C@H](O)[C@H](O)CO)O2)[C@H]1O. The van der Waals surface area contributed by atoms with Gasteiger partial charge in [0.05, 0.1) is 25.9 Å². The number of carboxylic acids is 1. The Morgan fingerprint density at radius 2 is 1.49 bits per heavy atom. The summed E-state index contributed by atoms with van der Waals surface area (Å²) in [6, 6.07) is -1.52. The van der Waals surface area contributed by atoms with Gasteiger partial charge in [0.2, 0.25) is 5.91 Å². The lowest BCUT2D eigenvalue weighted by Crippen LogP contribution is -2.70. The molecule has 43 heavy (non-hydrogen) atoms. The van der Waals surface area contributed by atoms with Crippen LogP contribution in [0.1, 0.15) is 13.3 Å². The van der Waals surface area contributed by atoms with Gasteiger partial charge in [-0.2, -0.15) is 0 Å². The molecule has 3 aliphatic heterocycles. The molecule has 3 saturated heterocycles. The number of amides is 1. The van der Waals surface area contributed by atoms with E-state index in [0.717, 1.165) is 6.92 Å². The van der Waals surface area contributed by atoms with E-state index in [9.17, 15) is 65.8 Å².